The van der Waals surface area contributed by atoms with E-state index in [0.717, 1.165) is 0 Å². The quantitative estimate of drug-likeness (QED) is 0.442. The van der Waals surface area contributed by atoms with Crippen LogP contribution < -0.4 is 0 Å². The zero-order valence-electron chi connectivity index (χ0n) is 12.2. The molecule has 2 N–H and O–H groups in total. The molecule has 0 saturated heterocycles. The van der Waals surface area contributed by atoms with Crippen molar-refractivity contribution < 1.29 is 21.1 Å². The predicted molar refractivity (Wildman–Crippen MR) is 77.9 cm³/mol. The molecule has 0 aromatic carbocycles. The summed E-state index contributed by atoms with van der Waals surface area (Å²) in [5.41, 5.74) is 0. The van der Waals surface area contributed by atoms with Crippen molar-refractivity contribution in [2.45, 2.75) is 41.5 Å². The summed E-state index contributed by atoms with van der Waals surface area (Å²) in [4.78, 5) is 0. The molecule has 0 aromatic heterocycles. The molecule has 0 saturated carbocycles. The Morgan fingerprint density at radius 2 is 0.400 bits per heavy atom. The fraction of sp³-hybridized carbons (Fsp3) is 0.462. The summed E-state index contributed by atoms with van der Waals surface area (Å²) in [5.74, 6) is 0. The Morgan fingerprint density at radius 1 is 0.400 bits per heavy atom. The maximum atomic E-state index is 3.25. The van der Waals surface area contributed by atoms with Gasteiger partial charge in [0.1, 0.15) is 0 Å². The smallest absolute Gasteiger partial charge is 0 e. The molecule has 0 aliphatic heterocycles. The van der Waals surface area contributed by atoms with Gasteiger partial charge in [0.05, 0.1) is 0 Å². The SMILES string of the molecule is [CH2-]C.[CH2-]C.[CH2-]C.[CH2-]C.[CH2-]C.[CH2-]C.[CH3-].[NH2-].[W]. The molecule has 0 heterocycles. The van der Waals surface area contributed by atoms with E-state index in [0.29, 0.717) is 0 Å². The second-order valence-corrected chi connectivity index (χ2v) is 0. The average Bonchev–Trinajstić information content (AvgIpc) is 2.33. The zero-order valence-corrected chi connectivity index (χ0v) is 15.2. The minimum Gasteiger partial charge on any atom is -0.693 e. The van der Waals surface area contributed by atoms with E-state index in [2.05, 4.69) is 41.5 Å². The van der Waals surface area contributed by atoms with Crippen LogP contribution in [0.3, 0.4) is 0 Å². The molecule has 0 atom stereocenters. The van der Waals surface area contributed by atoms with E-state index in [-0.39, 0.29) is 34.6 Å². The Kier molecular flexibility index (Phi) is 32900. The summed E-state index contributed by atoms with van der Waals surface area (Å²) in [6, 6.07) is 0. The van der Waals surface area contributed by atoms with Crippen molar-refractivity contribution in [1.29, 1.82) is 0 Å². The van der Waals surface area contributed by atoms with Gasteiger partial charge >= 0.3 is 0 Å². The zero-order chi connectivity index (χ0) is 12.0. The average molecular weight is 389 g/mol. The van der Waals surface area contributed by atoms with Gasteiger partial charge in [0.2, 0.25) is 0 Å². The molecule has 0 aliphatic rings. The molecule has 0 radical (unpaired) electrons. The molecular weight excluding hydrogens is 354 g/mol. The van der Waals surface area contributed by atoms with E-state index in [1.54, 1.807) is 41.5 Å². The van der Waals surface area contributed by atoms with Crippen LogP contribution in [-0.2, 0) is 21.1 Å². The first-order chi connectivity index (χ1) is 6.00. The van der Waals surface area contributed by atoms with E-state index >= 15 is 0 Å². The summed E-state index contributed by atoms with van der Waals surface area (Å²) in [5, 5.41) is 0. The van der Waals surface area contributed by atoms with Gasteiger partial charge in [-0.05, 0) is 0 Å². The Bertz CT molecular complexity index is 10.5. The number of nitrogens with two attached hydrogens (primary N) is 1. The summed E-state index contributed by atoms with van der Waals surface area (Å²) in [6.45, 7) is 30.0. The number of hydrogen-bond acceptors (Lipinski definition) is 0. The second kappa shape index (κ2) is 6490. The fourth-order valence-corrected chi connectivity index (χ4v) is 0. The molecule has 0 spiro atoms. The first-order valence-electron chi connectivity index (χ1n) is 4.24. The molecule has 0 rings (SSSR count). The molecule has 106 valence electrons. The van der Waals surface area contributed by atoms with Crippen molar-refractivity contribution in [3.05, 3.63) is 55.1 Å². The molecule has 0 bridgehead atoms. The van der Waals surface area contributed by atoms with E-state index in [1.165, 1.54) is 0 Å². The van der Waals surface area contributed by atoms with Gasteiger partial charge in [0, 0.05) is 21.1 Å². The van der Waals surface area contributed by atoms with Crippen molar-refractivity contribution in [2.24, 2.45) is 0 Å². The monoisotopic (exact) mass is 389 g/mol. The summed E-state index contributed by atoms with van der Waals surface area (Å²) in [6.07, 6.45) is 0. The molecular formula is C13H35NW-8. The van der Waals surface area contributed by atoms with E-state index in [4.69, 9.17) is 0 Å². The van der Waals surface area contributed by atoms with E-state index in [9.17, 15) is 0 Å². The van der Waals surface area contributed by atoms with Crippen LogP contribution in [0.1, 0.15) is 41.5 Å². The first kappa shape index (κ1) is 76.0. The summed E-state index contributed by atoms with van der Waals surface area (Å²) < 4.78 is 0. The van der Waals surface area contributed by atoms with Crippen molar-refractivity contribution in [2.75, 3.05) is 0 Å². The van der Waals surface area contributed by atoms with Crippen LogP contribution in [0.25, 0.3) is 6.15 Å². The van der Waals surface area contributed by atoms with Crippen LogP contribution in [-0.4, -0.2) is 0 Å². The second-order valence-electron chi connectivity index (χ2n) is 0. The molecule has 15 heavy (non-hydrogen) atoms. The van der Waals surface area contributed by atoms with Crippen LogP contribution in [0.15, 0.2) is 0 Å². The Labute approximate surface area is 118 Å². The fourth-order valence-electron chi connectivity index (χ4n) is 0. The van der Waals surface area contributed by atoms with Gasteiger partial charge in [0.25, 0.3) is 0 Å². The molecule has 0 aliphatic carbocycles. The van der Waals surface area contributed by atoms with Gasteiger partial charge in [-0.25, -0.2) is 0 Å². The third-order valence-electron chi connectivity index (χ3n) is 0. The molecule has 1 nitrogen and oxygen atoms in total. The molecule has 0 unspecified atom stereocenters. The predicted octanol–water partition coefficient (Wildman–Crippen LogP) is 6.21. The van der Waals surface area contributed by atoms with Crippen molar-refractivity contribution in [1.82, 2.24) is 0 Å². The van der Waals surface area contributed by atoms with Crippen LogP contribution in [0.4, 0.5) is 0 Å². The topological polar surface area (TPSA) is 33.5 Å². The van der Waals surface area contributed by atoms with E-state index in [1.807, 2.05) is 0 Å². The summed E-state index contributed by atoms with van der Waals surface area (Å²) in [7, 11) is 0. The van der Waals surface area contributed by atoms with Crippen molar-refractivity contribution in [3.8, 4) is 0 Å². The Balaban J connectivity index is -0.00000000396. The number of hydrogen-bond donors (Lipinski definition) is 0. The molecule has 2 heteroatoms. The van der Waals surface area contributed by atoms with Gasteiger partial charge in [-0.15, -0.1) is 0 Å². The Morgan fingerprint density at radius 3 is 0.400 bits per heavy atom. The van der Waals surface area contributed by atoms with E-state index < -0.39 is 0 Å². The van der Waals surface area contributed by atoms with Crippen LogP contribution >= 0.6 is 0 Å². The summed E-state index contributed by atoms with van der Waals surface area (Å²) >= 11 is 0. The third kappa shape index (κ3) is 5580. The van der Waals surface area contributed by atoms with Crippen molar-refractivity contribution >= 4 is 0 Å². The maximum Gasteiger partial charge on any atom is 0 e. The minimum absolute atomic E-state index is 0. The van der Waals surface area contributed by atoms with Crippen LogP contribution in [0.5, 0.6) is 0 Å². The molecule has 0 amide bonds. The largest absolute Gasteiger partial charge is 0.693 e. The van der Waals surface area contributed by atoms with Crippen LogP contribution in [0.2, 0.25) is 0 Å². The molecule has 0 fully saturated rings. The van der Waals surface area contributed by atoms with Gasteiger partial charge in [0.15, 0.2) is 0 Å². The first-order valence-corrected chi connectivity index (χ1v) is 4.24. The normalized spacial score (nSPS) is 2.40. The maximum absolute atomic E-state index is 3.25. The van der Waals surface area contributed by atoms with Gasteiger partial charge < -0.3 is 55.1 Å². The van der Waals surface area contributed by atoms with Gasteiger partial charge in [-0.1, -0.05) is 0 Å². The standard InChI is InChI=1S/6C2H5.CH3.H2N.W/c6*1-2;;;/h6*1H2,2H3;1H3;1H2;/q8*-1;. The molecule has 0 aromatic rings. The van der Waals surface area contributed by atoms with Crippen molar-refractivity contribution in [3.63, 3.8) is 0 Å². The third-order valence-corrected chi connectivity index (χ3v) is 0. The Hall–Kier alpha value is 0.648. The number of rotatable bonds is 0. The van der Waals surface area contributed by atoms with Crippen LogP contribution in [0, 0.1) is 49.0 Å². The van der Waals surface area contributed by atoms with Gasteiger partial charge in [-0.2, -0.15) is 41.5 Å². The van der Waals surface area contributed by atoms with Gasteiger partial charge in [-0.3, -0.25) is 0 Å². The minimum atomic E-state index is 0.